The number of thioether (sulfide) groups is 1. The largest absolute Gasteiger partial charge is 0.490 e. The van der Waals surface area contributed by atoms with Gasteiger partial charge in [-0.15, -0.1) is 11.6 Å². The maximum Gasteiger partial charge on any atom is 0.124 e. The first-order valence-electron chi connectivity index (χ1n) is 7.34. The van der Waals surface area contributed by atoms with Crippen molar-refractivity contribution in [1.29, 1.82) is 0 Å². The zero-order valence-electron chi connectivity index (χ0n) is 11.6. The normalized spacial score (nSPS) is 25.6. The molecule has 2 saturated heterocycles. The van der Waals surface area contributed by atoms with E-state index in [0.717, 1.165) is 43.6 Å². The average Bonchev–Trinajstić information content (AvgIpc) is 2.49. The summed E-state index contributed by atoms with van der Waals surface area (Å²) in [6.45, 7) is 0.818. The maximum absolute atomic E-state index is 6.23. The zero-order chi connectivity index (χ0) is 13.8. The monoisotopic (exact) mass is 312 g/mol. The molecule has 2 aliphatic heterocycles. The van der Waals surface area contributed by atoms with E-state index in [-0.39, 0.29) is 11.7 Å². The first kappa shape index (κ1) is 14.6. The molecule has 4 heteroatoms. The topological polar surface area (TPSA) is 18.5 Å². The zero-order valence-corrected chi connectivity index (χ0v) is 13.2. The van der Waals surface area contributed by atoms with Crippen molar-refractivity contribution in [2.75, 3.05) is 18.1 Å². The highest BCUT2D eigenvalue weighted by Gasteiger charge is 2.39. The van der Waals surface area contributed by atoms with Crippen LogP contribution in [-0.4, -0.2) is 29.8 Å². The van der Waals surface area contributed by atoms with Gasteiger partial charge < -0.3 is 9.47 Å². The van der Waals surface area contributed by atoms with E-state index in [1.165, 1.54) is 11.5 Å². The van der Waals surface area contributed by atoms with Gasteiger partial charge in [0.1, 0.15) is 11.9 Å². The van der Waals surface area contributed by atoms with Crippen LogP contribution in [0.4, 0.5) is 0 Å². The molecule has 1 aromatic rings. The van der Waals surface area contributed by atoms with E-state index in [4.69, 9.17) is 21.1 Å². The first-order valence-corrected chi connectivity index (χ1v) is 9.02. The summed E-state index contributed by atoms with van der Waals surface area (Å²) >= 11 is 8.02. The van der Waals surface area contributed by atoms with E-state index in [2.05, 4.69) is 0 Å². The maximum atomic E-state index is 6.23. The lowest BCUT2D eigenvalue weighted by molar-refractivity contribution is -0.116. The van der Waals surface area contributed by atoms with E-state index in [1.54, 1.807) is 0 Å². The van der Waals surface area contributed by atoms with Gasteiger partial charge in [-0.25, -0.2) is 0 Å². The predicted octanol–water partition coefficient (Wildman–Crippen LogP) is 4.25. The quantitative estimate of drug-likeness (QED) is 0.777. The van der Waals surface area contributed by atoms with E-state index in [9.17, 15) is 0 Å². The number of hydrogen-bond acceptors (Lipinski definition) is 3. The van der Waals surface area contributed by atoms with Crippen molar-refractivity contribution in [3.05, 3.63) is 29.8 Å². The van der Waals surface area contributed by atoms with Crippen molar-refractivity contribution in [2.45, 2.75) is 43.3 Å². The lowest BCUT2D eigenvalue weighted by Gasteiger charge is -2.43. The predicted molar refractivity (Wildman–Crippen MR) is 84.9 cm³/mol. The standard InChI is InChI=1S/C16H21ClO2S/c17-12-13-3-1-2-4-15(13)19-14-5-8-18-16(11-14)6-9-20-10-7-16/h1-4,14H,5-12H2. The van der Waals surface area contributed by atoms with Crippen molar-refractivity contribution in [3.8, 4) is 5.75 Å². The van der Waals surface area contributed by atoms with E-state index in [1.807, 2.05) is 36.0 Å². The molecule has 1 unspecified atom stereocenters. The number of hydrogen-bond donors (Lipinski definition) is 0. The van der Waals surface area contributed by atoms with Crippen LogP contribution in [0.3, 0.4) is 0 Å². The molecule has 0 aliphatic carbocycles. The van der Waals surface area contributed by atoms with Crippen LogP contribution in [-0.2, 0) is 10.6 Å². The number of benzene rings is 1. The second-order valence-electron chi connectivity index (χ2n) is 5.62. The summed E-state index contributed by atoms with van der Waals surface area (Å²) in [5.74, 6) is 3.87. The van der Waals surface area contributed by atoms with Gasteiger partial charge in [-0.05, 0) is 30.4 Å². The Bertz CT molecular complexity index is 440. The Balaban J connectivity index is 1.68. The summed E-state index contributed by atoms with van der Waals surface area (Å²) in [6, 6.07) is 8.08. The van der Waals surface area contributed by atoms with Crippen LogP contribution in [0.15, 0.2) is 24.3 Å². The van der Waals surface area contributed by atoms with E-state index >= 15 is 0 Å². The number of halogens is 1. The number of rotatable bonds is 3. The Morgan fingerprint density at radius 2 is 2.10 bits per heavy atom. The molecule has 2 nitrogen and oxygen atoms in total. The van der Waals surface area contributed by atoms with Crippen LogP contribution in [0.5, 0.6) is 5.75 Å². The second-order valence-corrected chi connectivity index (χ2v) is 7.11. The molecule has 2 fully saturated rings. The number of ether oxygens (including phenoxy) is 2. The fourth-order valence-corrected chi connectivity index (χ4v) is 4.54. The summed E-state index contributed by atoms with van der Waals surface area (Å²) < 4.78 is 12.3. The highest BCUT2D eigenvalue weighted by atomic mass is 35.5. The Hall–Kier alpha value is -0.380. The third kappa shape index (κ3) is 3.26. The van der Waals surface area contributed by atoms with Gasteiger partial charge >= 0.3 is 0 Å². The highest BCUT2D eigenvalue weighted by molar-refractivity contribution is 7.99. The van der Waals surface area contributed by atoms with Crippen LogP contribution < -0.4 is 4.74 Å². The molecule has 2 aliphatic rings. The Kier molecular flexibility index (Phi) is 4.79. The lowest BCUT2D eigenvalue weighted by Crippen LogP contribution is -2.46. The van der Waals surface area contributed by atoms with E-state index < -0.39 is 0 Å². The summed E-state index contributed by atoms with van der Waals surface area (Å²) in [7, 11) is 0. The molecule has 110 valence electrons. The van der Waals surface area contributed by atoms with Crippen molar-refractivity contribution in [2.24, 2.45) is 0 Å². The second kappa shape index (κ2) is 6.59. The Labute approximate surface area is 130 Å². The fraction of sp³-hybridized carbons (Fsp3) is 0.625. The van der Waals surface area contributed by atoms with Gasteiger partial charge in [-0.2, -0.15) is 11.8 Å². The molecular weight excluding hydrogens is 292 g/mol. The summed E-state index contributed by atoms with van der Waals surface area (Å²) in [5.41, 5.74) is 1.15. The molecule has 3 rings (SSSR count). The van der Waals surface area contributed by atoms with Gasteiger partial charge in [0.15, 0.2) is 0 Å². The molecule has 1 aromatic carbocycles. The molecule has 1 spiro atoms. The minimum atomic E-state index is 0.0735. The third-order valence-electron chi connectivity index (χ3n) is 4.26. The van der Waals surface area contributed by atoms with Gasteiger partial charge in [-0.1, -0.05) is 18.2 Å². The van der Waals surface area contributed by atoms with Crippen molar-refractivity contribution >= 4 is 23.4 Å². The van der Waals surface area contributed by atoms with Gasteiger partial charge in [0.25, 0.3) is 0 Å². The Morgan fingerprint density at radius 3 is 2.90 bits per heavy atom. The van der Waals surface area contributed by atoms with Crippen molar-refractivity contribution < 1.29 is 9.47 Å². The van der Waals surface area contributed by atoms with Crippen molar-refractivity contribution in [1.82, 2.24) is 0 Å². The van der Waals surface area contributed by atoms with Gasteiger partial charge in [0.05, 0.1) is 18.1 Å². The van der Waals surface area contributed by atoms with E-state index in [0.29, 0.717) is 5.88 Å². The van der Waals surface area contributed by atoms with Gasteiger partial charge in [-0.3, -0.25) is 0 Å². The SMILES string of the molecule is ClCc1ccccc1OC1CCOC2(CCSCC2)C1. The molecule has 0 aromatic heterocycles. The summed E-state index contributed by atoms with van der Waals surface area (Å²) in [5, 5.41) is 0. The average molecular weight is 313 g/mol. The molecular formula is C16H21ClO2S. The number of alkyl halides is 1. The highest BCUT2D eigenvalue weighted by Crippen LogP contribution is 2.39. The molecule has 20 heavy (non-hydrogen) atoms. The molecule has 0 bridgehead atoms. The lowest BCUT2D eigenvalue weighted by atomic mass is 9.86. The van der Waals surface area contributed by atoms with Crippen LogP contribution in [0.25, 0.3) is 0 Å². The molecule has 0 radical (unpaired) electrons. The van der Waals surface area contributed by atoms with Gasteiger partial charge in [0.2, 0.25) is 0 Å². The van der Waals surface area contributed by atoms with Crippen LogP contribution in [0.1, 0.15) is 31.2 Å². The van der Waals surface area contributed by atoms with Gasteiger partial charge in [0, 0.05) is 18.4 Å². The summed E-state index contributed by atoms with van der Waals surface area (Å²) in [4.78, 5) is 0. The molecule has 0 N–H and O–H groups in total. The Morgan fingerprint density at radius 1 is 1.30 bits per heavy atom. The summed E-state index contributed by atoms with van der Waals surface area (Å²) in [6.07, 6.45) is 4.58. The molecule has 0 amide bonds. The minimum Gasteiger partial charge on any atom is -0.490 e. The fourth-order valence-electron chi connectivity index (χ4n) is 3.08. The van der Waals surface area contributed by atoms with Crippen LogP contribution in [0.2, 0.25) is 0 Å². The molecule has 1 atom stereocenters. The minimum absolute atomic E-state index is 0.0735. The first-order chi connectivity index (χ1) is 9.81. The van der Waals surface area contributed by atoms with Crippen molar-refractivity contribution in [3.63, 3.8) is 0 Å². The molecule has 0 saturated carbocycles. The molecule has 2 heterocycles. The third-order valence-corrected chi connectivity index (χ3v) is 5.54. The van der Waals surface area contributed by atoms with Crippen LogP contribution >= 0.6 is 23.4 Å². The van der Waals surface area contributed by atoms with Crippen LogP contribution in [0, 0.1) is 0 Å². The smallest absolute Gasteiger partial charge is 0.124 e. The number of para-hydroxylation sites is 1.